The highest BCUT2D eigenvalue weighted by atomic mass is 32.2. The van der Waals surface area contributed by atoms with Crippen molar-refractivity contribution < 1.29 is 13.2 Å². The van der Waals surface area contributed by atoms with Crippen molar-refractivity contribution in [1.82, 2.24) is 5.32 Å². The Morgan fingerprint density at radius 1 is 1.06 bits per heavy atom. The first-order valence-electron chi connectivity index (χ1n) is 6.49. The minimum atomic E-state index is -4.03. The second-order valence-corrected chi connectivity index (χ2v) is 6.49. The van der Waals surface area contributed by atoms with Gasteiger partial charge in [-0.3, -0.25) is 0 Å². The van der Waals surface area contributed by atoms with E-state index < -0.39 is 12.1 Å². The third-order valence-electron chi connectivity index (χ3n) is 3.82. The van der Waals surface area contributed by atoms with Gasteiger partial charge < -0.3 is 5.32 Å². The minimum absolute atomic E-state index is 0.305. The van der Waals surface area contributed by atoms with E-state index >= 15 is 0 Å². The Morgan fingerprint density at radius 2 is 1.82 bits per heavy atom. The molecule has 2 rings (SSSR count). The van der Waals surface area contributed by atoms with Crippen LogP contribution in [0.3, 0.4) is 0 Å². The van der Waals surface area contributed by atoms with Crippen LogP contribution in [0, 0.1) is 5.92 Å². The summed E-state index contributed by atoms with van der Waals surface area (Å²) in [6.45, 7) is 0.752. The molecule has 17 heavy (non-hydrogen) atoms. The number of hydrogen-bond donors (Lipinski definition) is 1. The number of rotatable bonds is 3. The standard InChI is InChI=1S/C12H20F3NS/c13-12(14,15)10-5-1-2-6-11(10)16-8-9-4-3-7-17-9/h9-11,16H,1-8H2. The van der Waals surface area contributed by atoms with Crippen molar-refractivity contribution in [3.8, 4) is 0 Å². The van der Waals surface area contributed by atoms with Crippen LogP contribution >= 0.6 is 11.8 Å². The molecule has 1 N–H and O–H groups in total. The predicted octanol–water partition coefficient (Wildman–Crippen LogP) is 3.59. The van der Waals surface area contributed by atoms with Gasteiger partial charge in [0.2, 0.25) is 0 Å². The Labute approximate surface area is 105 Å². The highest BCUT2D eigenvalue weighted by Gasteiger charge is 2.45. The molecule has 1 saturated carbocycles. The molecule has 1 aliphatic heterocycles. The zero-order valence-electron chi connectivity index (χ0n) is 9.93. The van der Waals surface area contributed by atoms with Gasteiger partial charge in [0.05, 0.1) is 5.92 Å². The lowest BCUT2D eigenvalue weighted by Crippen LogP contribution is -2.47. The smallest absolute Gasteiger partial charge is 0.312 e. The molecule has 0 amide bonds. The van der Waals surface area contributed by atoms with E-state index in [2.05, 4.69) is 5.32 Å². The van der Waals surface area contributed by atoms with Crippen LogP contribution in [0.4, 0.5) is 13.2 Å². The average molecular weight is 267 g/mol. The van der Waals surface area contributed by atoms with E-state index in [-0.39, 0.29) is 6.04 Å². The van der Waals surface area contributed by atoms with Crippen molar-refractivity contribution in [1.29, 1.82) is 0 Å². The third-order valence-corrected chi connectivity index (χ3v) is 5.22. The van der Waals surface area contributed by atoms with E-state index in [1.807, 2.05) is 11.8 Å². The molecule has 2 aliphatic rings. The summed E-state index contributed by atoms with van der Waals surface area (Å²) in [6, 6.07) is -0.343. The molecule has 3 atom stereocenters. The van der Waals surface area contributed by atoms with Crippen molar-refractivity contribution in [2.24, 2.45) is 5.92 Å². The van der Waals surface area contributed by atoms with Crippen molar-refractivity contribution in [2.45, 2.75) is 56.0 Å². The molecule has 3 unspecified atom stereocenters. The molecular weight excluding hydrogens is 247 g/mol. The van der Waals surface area contributed by atoms with Crippen molar-refractivity contribution in [2.75, 3.05) is 12.3 Å². The molecule has 1 heterocycles. The molecule has 0 spiro atoms. The lowest BCUT2D eigenvalue weighted by atomic mass is 9.84. The number of halogens is 3. The van der Waals surface area contributed by atoms with Gasteiger partial charge in [0.1, 0.15) is 0 Å². The minimum Gasteiger partial charge on any atom is -0.312 e. The summed E-state index contributed by atoms with van der Waals surface area (Å²) in [5.41, 5.74) is 0. The van der Waals surface area contributed by atoms with Crippen LogP contribution in [0.1, 0.15) is 38.5 Å². The number of hydrogen-bond acceptors (Lipinski definition) is 2. The summed E-state index contributed by atoms with van der Waals surface area (Å²) in [5, 5.41) is 3.71. The zero-order chi connectivity index (χ0) is 12.3. The van der Waals surface area contributed by atoms with Crippen LogP contribution in [0.25, 0.3) is 0 Å². The Hall–Kier alpha value is 0.100. The first-order chi connectivity index (χ1) is 8.07. The second kappa shape index (κ2) is 5.83. The Bertz CT molecular complexity index is 238. The summed E-state index contributed by atoms with van der Waals surface area (Å²) in [5.74, 6) is 0.0438. The Kier molecular flexibility index (Phi) is 4.64. The van der Waals surface area contributed by atoms with Crippen LogP contribution in [-0.4, -0.2) is 29.8 Å². The molecular formula is C12H20F3NS. The molecule has 0 aromatic carbocycles. The predicted molar refractivity (Wildman–Crippen MR) is 65.3 cm³/mol. The van der Waals surface area contributed by atoms with Crippen LogP contribution in [0.15, 0.2) is 0 Å². The van der Waals surface area contributed by atoms with Crippen LogP contribution in [0.5, 0.6) is 0 Å². The number of thioether (sulfide) groups is 1. The monoisotopic (exact) mass is 267 g/mol. The van der Waals surface area contributed by atoms with Gasteiger partial charge in [0.15, 0.2) is 0 Å². The SMILES string of the molecule is FC(F)(F)C1CCCCC1NCC1CCCS1. The summed E-state index contributed by atoms with van der Waals surface area (Å²) in [7, 11) is 0. The summed E-state index contributed by atoms with van der Waals surface area (Å²) < 4.78 is 38.5. The number of alkyl halides is 3. The molecule has 5 heteroatoms. The molecule has 0 aromatic rings. The molecule has 2 fully saturated rings. The fourth-order valence-electron chi connectivity index (χ4n) is 2.86. The highest BCUT2D eigenvalue weighted by Crippen LogP contribution is 2.38. The summed E-state index contributed by atoms with van der Waals surface area (Å²) >= 11 is 1.90. The Morgan fingerprint density at radius 3 is 2.47 bits per heavy atom. The van der Waals surface area contributed by atoms with E-state index in [0.29, 0.717) is 18.1 Å². The quantitative estimate of drug-likeness (QED) is 0.838. The van der Waals surface area contributed by atoms with Gasteiger partial charge in [-0.2, -0.15) is 24.9 Å². The fourth-order valence-corrected chi connectivity index (χ4v) is 4.07. The molecule has 0 aromatic heterocycles. The van der Waals surface area contributed by atoms with E-state index in [4.69, 9.17) is 0 Å². The van der Waals surface area contributed by atoms with Gasteiger partial charge in [-0.25, -0.2) is 0 Å². The van der Waals surface area contributed by atoms with Crippen molar-refractivity contribution >= 4 is 11.8 Å². The lowest BCUT2D eigenvalue weighted by molar-refractivity contribution is -0.188. The van der Waals surface area contributed by atoms with E-state index in [9.17, 15) is 13.2 Å². The lowest BCUT2D eigenvalue weighted by Gasteiger charge is -2.34. The summed E-state index contributed by atoms with van der Waals surface area (Å²) in [6.07, 6.45) is 0.982. The van der Waals surface area contributed by atoms with E-state index in [1.165, 1.54) is 12.2 Å². The molecule has 1 saturated heterocycles. The van der Waals surface area contributed by atoms with Crippen LogP contribution in [-0.2, 0) is 0 Å². The second-order valence-electron chi connectivity index (χ2n) is 5.08. The van der Waals surface area contributed by atoms with Gasteiger partial charge in [-0.1, -0.05) is 12.8 Å². The van der Waals surface area contributed by atoms with E-state index in [1.54, 1.807) is 0 Å². The first kappa shape index (κ1) is 13.5. The Balaban J connectivity index is 1.83. The molecule has 0 radical (unpaired) electrons. The average Bonchev–Trinajstić information content (AvgIpc) is 2.78. The summed E-state index contributed by atoms with van der Waals surface area (Å²) in [4.78, 5) is 0. The normalized spacial score (nSPS) is 35.1. The highest BCUT2D eigenvalue weighted by molar-refractivity contribution is 8.00. The van der Waals surface area contributed by atoms with Gasteiger partial charge in [0, 0.05) is 17.8 Å². The van der Waals surface area contributed by atoms with Crippen LogP contribution in [0.2, 0.25) is 0 Å². The maximum absolute atomic E-state index is 12.8. The maximum Gasteiger partial charge on any atom is 0.393 e. The maximum atomic E-state index is 12.8. The van der Waals surface area contributed by atoms with E-state index in [0.717, 1.165) is 25.8 Å². The van der Waals surface area contributed by atoms with Crippen LogP contribution < -0.4 is 5.32 Å². The molecule has 1 nitrogen and oxygen atoms in total. The first-order valence-corrected chi connectivity index (χ1v) is 7.54. The zero-order valence-corrected chi connectivity index (χ0v) is 10.7. The van der Waals surface area contributed by atoms with Gasteiger partial charge in [-0.15, -0.1) is 0 Å². The van der Waals surface area contributed by atoms with Gasteiger partial charge >= 0.3 is 6.18 Å². The molecule has 100 valence electrons. The van der Waals surface area contributed by atoms with Gasteiger partial charge in [0.25, 0.3) is 0 Å². The van der Waals surface area contributed by atoms with Crippen molar-refractivity contribution in [3.05, 3.63) is 0 Å². The van der Waals surface area contributed by atoms with Crippen molar-refractivity contribution in [3.63, 3.8) is 0 Å². The largest absolute Gasteiger partial charge is 0.393 e. The molecule has 1 aliphatic carbocycles. The fraction of sp³-hybridized carbons (Fsp3) is 1.00. The third kappa shape index (κ3) is 3.78. The number of nitrogens with one attached hydrogen (secondary N) is 1. The molecule has 0 bridgehead atoms. The topological polar surface area (TPSA) is 12.0 Å². The van der Waals surface area contributed by atoms with Gasteiger partial charge in [-0.05, 0) is 31.4 Å².